The van der Waals surface area contributed by atoms with Gasteiger partial charge in [0, 0.05) is 11.8 Å². The van der Waals surface area contributed by atoms with Gasteiger partial charge in [-0.1, -0.05) is 35.3 Å². The Hall–Kier alpha value is -2.24. The molecule has 0 bridgehead atoms. The third kappa shape index (κ3) is 4.19. The number of nitrogens with zero attached hydrogens (tertiary/aromatic N) is 1. The molecule has 0 fully saturated rings. The third-order valence-electron chi connectivity index (χ3n) is 3.15. The van der Waals surface area contributed by atoms with E-state index in [1.165, 1.54) is 20.2 Å². The number of rotatable bonds is 6. The van der Waals surface area contributed by atoms with Crippen molar-refractivity contribution >= 4 is 41.1 Å². The second-order valence-electron chi connectivity index (χ2n) is 4.81. The molecule has 5 nitrogen and oxygen atoms in total. The number of halogens is 2. The van der Waals surface area contributed by atoms with Crippen molar-refractivity contribution in [1.82, 2.24) is 0 Å². The van der Waals surface area contributed by atoms with Crippen molar-refractivity contribution < 1.29 is 19.4 Å². The van der Waals surface area contributed by atoms with Crippen molar-refractivity contribution in [3.05, 3.63) is 52.0 Å². The Morgan fingerprint density at radius 1 is 1.25 bits per heavy atom. The minimum Gasteiger partial charge on any atom is -0.493 e. The third-order valence-corrected chi connectivity index (χ3v) is 3.95. The Morgan fingerprint density at radius 2 is 1.96 bits per heavy atom. The average molecular weight is 368 g/mol. The summed E-state index contributed by atoms with van der Waals surface area (Å²) in [6.07, 6.45) is 0.479. The first-order chi connectivity index (χ1) is 11.4. The number of carboxylic acids is 1. The van der Waals surface area contributed by atoms with Gasteiger partial charge in [-0.2, -0.15) is 0 Å². The number of ether oxygens (including phenoxy) is 2. The molecule has 0 aliphatic carbocycles. The van der Waals surface area contributed by atoms with E-state index >= 15 is 0 Å². The molecule has 0 aromatic heterocycles. The molecule has 0 unspecified atom stereocenters. The first-order valence-corrected chi connectivity index (χ1v) is 7.74. The molecule has 0 aliphatic heterocycles. The van der Waals surface area contributed by atoms with Crippen molar-refractivity contribution in [2.24, 2.45) is 4.99 Å². The topological polar surface area (TPSA) is 68.1 Å². The number of benzene rings is 2. The lowest BCUT2D eigenvalue weighted by Crippen LogP contribution is -2.23. The number of aliphatic carboxylic acids is 1. The van der Waals surface area contributed by atoms with Gasteiger partial charge in [0.2, 0.25) is 0 Å². The molecule has 0 aliphatic rings. The standard InChI is InChI=1S/C17H15Cl2NO4/c1-10(17(21)22)24-16-11(5-3-8-14(16)23-2)9-20-13-7-4-6-12(18)15(13)19/h3-10H,1-2H3,(H,21,22)/t10-/m0/s1. The van der Waals surface area contributed by atoms with Crippen LogP contribution < -0.4 is 9.47 Å². The highest BCUT2D eigenvalue weighted by molar-refractivity contribution is 6.43. The summed E-state index contributed by atoms with van der Waals surface area (Å²) in [5.41, 5.74) is 1.04. The SMILES string of the molecule is COc1cccc(C=Nc2cccc(Cl)c2Cl)c1O[C@@H](C)C(=O)O. The van der Waals surface area contributed by atoms with Gasteiger partial charge < -0.3 is 14.6 Å². The summed E-state index contributed by atoms with van der Waals surface area (Å²) >= 11 is 12.1. The molecule has 0 radical (unpaired) electrons. The minimum absolute atomic E-state index is 0.289. The van der Waals surface area contributed by atoms with Gasteiger partial charge >= 0.3 is 5.97 Å². The van der Waals surface area contributed by atoms with Crippen LogP contribution in [0.5, 0.6) is 11.5 Å². The second kappa shape index (κ2) is 8.04. The lowest BCUT2D eigenvalue weighted by atomic mass is 10.2. The molecule has 2 rings (SSSR count). The molecule has 0 spiro atoms. The summed E-state index contributed by atoms with van der Waals surface area (Å²) < 4.78 is 10.7. The van der Waals surface area contributed by atoms with Crippen LogP contribution in [0.2, 0.25) is 10.0 Å². The fourth-order valence-electron chi connectivity index (χ4n) is 1.88. The van der Waals surface area contributed by atoms with Gasteiger partial charge in [-0.25, -0.2) is 4.79 Å². The molecule has 24 heavy (non-hydrogen) atoms. The summed E-state index contributed by atoms with van der Waals surface area (Å²) in [6.45, 7) is 1.43. The van der Waals surface area contributed by atoms with Crippen LogP contribution in [-0.2, 0) is 4.79 Å². The van der Waals surface area contributed by atoms with Crippen molar-refractivity contribution in [2.75, 3.05) is 7.11 Å². The molecular weight excluding hydrogens is 353 g/mol. The normalized spacial score (nSPS) is 12.2. The molecule has 0 amide bonds. The maximum absolute atomic E-state index is 11.0. The molecular formula is C17H15Cl2NO4. The number of carbonyl (C=O) groups is 1. The van der Waals surface area contributed by atoms with E-state index in [1.807, 2.05) is 0 Å². The molecule has 2 aromatic carbocycles. The van der Waals surface area contributed by atoms with Crippen LogP contribution in [0.4, 0.5) is 5.69 Å². The zero-order chi connectivity index (χ0) is 17.7. The van der Waals surface area contributed by atoms with E-state index < -0.39 is 12.1 Å². The van der Waals surface area contributed by atoms with Gasteiger partial charge in [-0.15, -0.1) is 0 Å². The predicted molar refractivity (Wildman–Crippen MR) is 94.4 cm³/mol. The van der Waals surface area contributed by atoms with Gasteiger partial charge in [0.1, 0.15) is 0 Å². The highest BCUT2D eigenvalue weighted by atomic mass is 35.5. The summed E-state index contributed by atoms with van der Waals surface area (Å²) in [5.74, 6) is -0.386. The van der Waals surface area contributed by atoms with Crippen LogP contribution in [0.3, 0.4) is 0 Å². The van der Waals surface area contributed by atoms with E-state index in [9.17, 15) is 4.79 Å². The first kappa shape index (κ1) is 18.1. The van der Waals surface area contributed by atoms with Gasteiger partial charge in [0.25, 0.3) is 0 Å². The number of methoxy groups -OCH3 is 1. The van der Waals surface area contributed by atoms with Crippen LogP contribution in [0.1, 0.15) is 12.5 Å². The first-order valence-electron chi connectivity index (χ1n) is 6.98. The Balaban J connectivity index is 2.40. The lowest BCUT2D eigenvalue weighted by Gasteiger charge is -2.15. The Kier molecular flexibility index (Phi) is 6.06. The Bertz CT molecular complexity index is 777. The maximum atomic E-state index is 11.0. The van der Waals surface area contributed by atoms with Crippen LogP contribution in [-0.4, -0.2) is 30.5 Å². The molecule has 7 heteroatoms. The van der Waals surface area contributed by atoms with E-state index in [0.29, 0.717) is 27.0 Å². The predicted octanol–water partition coefficient (Wildman–Crippen LogP) is 4.60. The number of carboxylic acid groups (broad SMARTS) is 1. The lowest BCUT2D eigenvalue weighted by molar-refractivity contribution is -0.144. The number of para-hydroxylation sites is 1. The van der Waals surface area contributed by atoms with E-state index in [2.05, 4.69) is 4.99 Å². The summed E-state index contributed by atoms with van der Waals surface area (Å²) in [6, 6.07) is 10.3. The summed E-state index contributed by atoms with van der Waals surface area (Å²) in [7, 11) is 1.47. The van der Waals surface area contributed by atoms with E-state index in [-0.39, 0.29) is 5.75 Å². The van der Waals surface area contributed by atoms with Crippen molar-refractivity contribution in [2.45, 2.75) is 13.0 Å². The highest BCUT2D eigenvalue weighted by Gasteiger charge is 2.18. The summed E-state index contributed by atoms with van der Waals surface area (Å²) in [5, 5.41) is 9.77. The molecule has 1 N–H and O–H groups in total. The minimum atomic E-state index is -1.08. The monoisotopic (exact) mass is 367 g/mol. The quantitative estimate of drug-likeness (QED) is 0.757. The average Bonchev–Trinajstić information content (AvgIpc) is 2.56. The van der Waals surface area contributed by atoms with Gasteiger partial charge in [-0.3, -0.25) is 4.99 Å². The van der Waals surface area contributed by atoms with E-state index in [1.54, 1.807) is 36.4 Å². The van der Waals surface area contributed by atoms with Gasteiger partial charge in [-0.05, 0) is 31.2 Å². The fraction of sp³-hybridized carbons (Fsp3) is 0.176. The van der Waals surface area contributed by atoms with Crippen LogP contribution in [0.15, 0.2) is 41.4 Å². The number of hydrogen-bond acceptors (Lipinski definition) is 4. The van der Waals surface area contributed by atoms with Crippen LogP contribution in [0.25, 0.3) is 0 Å². The Labute approximate surface area is 149 Å². The van der Waals surface area contributed by atoms with E-state index in [0.717, 1.165) is 0 Å². The zero-order valence-electron chi connectivity index (χ0n) is 13.0. The summed E-state index contributed by atoms with van der Waals surface area (Å²) in [4.78, 5) is 15.3. The van der Waals surface area contributed by atoms with Crippen LogP contribution in [0, 0.1) is 0 Å². The number of aliphatic imine (C=N–C) groups is 1. The fourth-order valence-corrected chi connectivity index (χ4v) is 2.22. The van der Waals surface area contributed by atoms with Crippen LogP contribution >= 0.6 is 23.2 Å². The molecule has 2 aromatic rings. The van der Waals surface area contributed by atoms with Crippen molar-refractivity contribution in [1.29, 1.82) is 0 Å². The number of hydrogen-bond donors (Lipinski definition) is 1. The molecule has 0 saturated carbocycles. The van der Waals surface area contributed by atoms with E-state index in [4.69, 9.17) is 37.8 Å². The molecule has 1 atom stereocenters. The van der Waals surface area contributed by atoms with Gasteiger partial charge in [0.15, 0.2) is 17.6 Å². The van der Waals surface area contributed by atoms with Crippen molar-refractivity contribution in [3.63, 3.8) is 0 Å². The second-order valence-corrected chi connectivity index (χ2v) is 5.59. The van der Waals surface area contributed by atoms with Crippen molar-refractivity contribution in [3.8, 4) is 11.5 Å². The highest BCUT2D eigenvalue weighted by Crippen LogP contribution is 2.34. The molecule has 0 heterocycles. The molecule has 126 valence electrons. The van der Waals surface area contributed by atoms with Gasteiger partial charge in [0.05, 0.1) is 22.8 Å². The Morgan fingerprint density at radius 3 is 2.62 bits per heavy atom. The smallest absolute Gasteiger partial charge is 0.344 e. The zero-order valence-corrected chi connectivity index (χ0v) is 14.5. The largest absolute Gasteiger partial charge is 0.493 e. The molecule has 0 saturated heterocycles. The maximum Gasteiger partial charge on any atom is 0.344 e.